The minimum absolute atomic E-state index is 0.104. The van der Waals surface area contributed by atoms with Crippen molar-refractivity contribution in [2.45, 2.75) is 5.03 Å². The Bertz CT molecular complexity index is 1600. The Morgan fingerprint density at radius 3 is 2.47 bits per heavy atom. The van der Waals surface area contributed by atoms with Gasteiger partial charge in [-0.1, -0.05) is 17.8 Å². The number of amides is 1. The molecule has 4 rings (SSSR count). The third-order valence-electron chi connectivity index (χ3n) is 5.36. The lowest BCUT2D eigenvalue weighted by atomic mass is 10.2. The molecule has 2 aromatic carbocycles. The van der Waals surface area contributed by atoms with Crippen LogP contribution in [-0.2, 0) is 18.9 Å². The molecule has 0 radical (unpaired) electrons. The Morgan fingerprint density at radius 1 is 1.03 bits per heavy atom. The second-order valence-corrected chi connectivity index (χ2v) is 8.64. The lowest BCUT2D eigenvalue weighted by Gasteiger charge is -2.13. The molecule has 0 bridgehead atoms. The van der Waals surface area contributed by atoms with Gasteiger partial charge in [-0.15, -0.1) is 0 Å². The van der Waals surface area contributed by atoms with Crippen LogP contribution in [0.1, 0.15) is 0 Å². The van der Waals surface area contributed by atoms with E-state index in [1.807, 2.05) is 0 Å². The van der Waals surface area contributed by atoms with Crippen LogP contribution in [0.3, 0.4) is 0 Å². The summed E-state index contributed by atoms with van der Waals surface area (Å²) in [5.41, 5.74) is -0.161. The highest BCUT2D eigenvalue weighted by Gasteiger charge is 2.20. The number of fused-ring (bicyclic) bond motifs is 1. The minimum Gasteiger partial charge on any atom is -0.493 e. The van der Waals surface area contributed by atoms with E-state index in [1.54, 1.807) is 24.3 Å². The third-order valence-corrected chi connectivity index (χ3v) is 6.33. The fraction of sp³-hybridized carbons (Fsp3) is 0.208. The van der Waals surface area contributed by atoms with Gasteiger partial charge in [0.2, 0.25) is 5.91 Å². The topological polar surface area (TPSA) is 117 Å². The summed E-state index contributed by atoms with van der Waals surface area (Å²) < 4.78 is 26.3. The first-order valence-electron chi connectivity index (χ1n) is 10.6. The Kier molecular flexibility index (Phi) is 7.06. The van der Waals surface area contributed by atoms with Crippen molar-refractivity contribution in [3.05, 3.63) is 69.1 Å². The maximum absolute atomic E-state index is 13.4. The number of rotatable bonds is 7. The Labute approximate surface area is 208 Å². The predicted molar refractivity (Wildman–Crippen MR) is 134 cm³/mol. The number of carbonyl (C=O) groups is 1. The zero-order valence-corrected chi connectivity index (χ0v) is 20.7. The van der Waals surface area contributed by atoms with Gasteiger partial charge in [0, 0.05) is 25.3 Å². The number of hydrogen-bond acceptors (Lipinski definition) is 8. The number of halogens is 1. The molecule has 0 unspecified atom stereocenters. The molecule has 2 heterocycles. The van der Waals surface area contributed by atoms with Gasteiger partial charge in [-0.2, -0.15) is 0 Å². The molecule has 4 aromatic rings. The van der Waals surface area contributed by atoms with Crippen LogP contribution in [0.2, 0.25) is 0 Å². The van der Waals surface area contributed by atoms with Gasteiger partial charge in [-0.25, -0.2) is 19.2 Å². The third kappa shape index (κ3) is 4.80. The molecule has 0 saturated heterocycles. The van der Waals surface area contributed by atoms with E-state index in [0.29, 0.717) is 22.7 Å². The standard InChI is InChI=1S/C24H22FN5O5S/c1-29-21-19(23(32)30(2)24(29)33)22(36-12-18(31)26-15-7-5-6-14(25)11-15)28-20(27-21)13-8-9-16(34-3)17(10-13)35-4/h5-11H,12H2,1-4H3,(H,26,31). The molecular weight excluding hydrogens is 489 g/mol. The number of thioether (sulfide) groups is 1. The number of benzene rings is 2. The normalized spacial score (nSPS) is 10.9. The van der Waals surface area contributed by atoms with Gasteiger partial charge in [0.25, 0.3) is 5.56 Å². The number of nitrogens with zero attached hydrogens (tertiary/aromatic N) is 4. The summed E-state index contributed by atoms with van der Waals surface area (Å²) in [7, 11) is 5.87. The first-order chi connectivity index (χ1) is 17.2. The van der Waals surface area contributed by atoms with Crippen molar-refractivity contribution in [1.82, 2.24) is 19.1 Å². The Hall–Kier alpha value is -4.19. The zero-order chi connectivity index (χ0) is 26.0. The number of nitrogens with one attached hydrogen (secondary N) is 1. The second-order valence-electron chi connectivity index (χ2n) is 7.67. The van der Waals surface area contributed by atoms with Gasteiger partial charge in [0.15, 0.2) is 23.0 Å². The van der Waals surface area contributed by atoms with E-state index in [4.69, 9.17) is 9.47 Å². The van der Waals surface area contributed by atoms with Gasteiger partial charge in [-0.05, 0) is 36.4 Å². The Balaban J connectivity index is 1.79. The average molecular weight is 512 g/mol. The molecule has 1 N–H and O–H groups in total. The van der Waals surface area contributed by atoms with Crippen molar-refractivity contribution in [2.24, 2.45) is 14.1 Å². The van der Waals surface area contributed by atoms with Crippen LogP contribution in [0.25, 0.3) is 22.4 Å². The lowest BCUT2D eigenvalue weighted by molar-refractivity contribution is -0.113. The van der Waals surface area contributed by atoms with Gasteiger partial charge < -0.3 is 14.8 Å². The zero-order valence-electron chi connectivity index (χ0n) is 19.9. The summed E-state index contributed by atoms with van der Waals surface area (Å²) in [5.74, 6) is 0.143. The molecule has 1 amide bonds. The average Bonchev–Trinajstić information content (AvgIpc) is 2.88. The summed E-state index contributed by atoms with van der Waals surface area (Å²) in [6, 6.07) is 10.6. The van der Waals surface area contributed by atoms with Crippen molar-refractivity contribution in [1.29, 1.82) is 0 Å². The molecule has 0 spiro atoms. The fourth-order valence-electron chi connectivity index (χ4n) is 3.54. The molecular formula is C24H22FN5O5S. The molecule has 36 heavy (non-hydrogen) atoms. The summed E-state index contributed by atoms with van der Waals surface area (Å²) in [6.45, 7) is 0. The van der Waals surface area contributed by atoms with Crippen LogP contribution >= 0.6 is 11.8 Å². The summed E-state index contributed by atoms with van der Waals surface area (Å²) in [4.78, 5) is 47.2. The second kappa shape index (κ2) is 10.2. The summed E-state index contributed by atoms with van der Waals surface area (Å²) in [6.07, 6.45) is 0. The highest BCUT2D eigenvalue weighted by Crippen LogP contribution is 2.33. The molecule has 0 saturated carbocycles. The van der Waals surface area contributed by atoms with Crippen molar-refractivity contribution in [3.8, 4) is 22.9 Å². The van der Waals surface area contributed by atoms with Gasteiger partial charge in [0.1, 0.15) is 16.2 Å². The van der Waals surface area contributed by atoms with Crippen LogP contribution in [0.5, 0.6) is 11.5 Å². The van der Waals surface area contributed by atoms with Crippen LogP contribution in [-0.4, -0.2) is 45.0 Å². The molecule has 10 nitrogen and oxygen atoms in total. The van der Waals surface area contributed by atoms with E-state index in [-0.39, 0.29) is 27.6 Å². The molecule has 0 aliphatic carbocycles. The van der Waals surface area contributed by atoms with E-state index < -0.39 is 23.0 Å². The van der Waals surface area contributed by atoms with Gasteiger partial charge in [-0.3, -0.25) is 18.7 Å². The summed E-state index contributed by atoms with van der Waals surface area (Å²) in [5, 5.41) is 2.93. The maximum atomic E-state index is 13.4. The fourth-order valence-corrected chi connectivity index (χ4v) is 4.35. The van der Waals surface area contributed by atoms with Crippen molar-refractivity contribution < 1.29 is 18.7 Å². The number of aryl methyl sites for hydroxylation is 1. The molecule has 12 heteroatoms. The smallest absolute Gasteiger partial charge is 0.332 e. The lowest BCUT2D eigenvalue weighted by Crippen LogP contribution is -2.37. The molecule has 0 atom stereocenters. The monoisotopic (exact) mass is 511 g/mol. The van der Waals surface area contributed by atoms with E-state index in [0.717, 1.165) is 16.3 Å². The largest absolute Gasteiger partial charge is 0.493 e. The number of anilines is 1. The number of methoxy groups -OCH3 is 2. The number of hydrogen-bond donors (Lipinski definition) is 1. The predicted octanol–water partition coefficient (Wildman–Crippen LogP) is 2.58. The molecule has 186 valence electrons. The van der Waals surface area contributed by atoms with Crippen LogP contribution < -0.4 is 26.0 Å². The molecule has 2 aromatic heterocycles. The van der Waals surface area contributed by atoms with Crippen LogP contribution in [0, 0.1) is 5.82 Å². The molecule has 0 aliphatic heterocycles. The number of carbonyl (C=O) groups excluding carboxylic acids is 1. The van der Waals surface area contributed by atoms with Crippen LogP contribution in [0.15, 0.2) is 57.1 Å². The van der Waals surface area contributed by atoms with Crippen molar-refractivity contribution in [3.63, 3.8) is 0 Å². The van der Waals surface area contributed by atoms with Crippen molar-refractivity contribution in [2.75, 3.05) is 25.3 Å². The Morgan fingerprint density at radius 2 is 1.78 bits per heavy atom. The highest BCUT2D eigenvalue weighted by atomic mass is 32.2. The highest BCUT2D eigenvalue weighted by molar-refractivity contribution is 8.00. The minimum atomic E-state index is -0.583. The SMILES string of the molecule is COc1ccc(-c2nc(SCC(=O)Nc3cccc(F)c3)c3c(=O)n(C)c(=O)n(C)c3n2)cc1OC. The van der Waals surface area contributed by atoms with Gasteiger partial charge in [0.05, 0.1) is 20.0 Å². The quantitative estimate of drug-likeness (QED) is 0.297. The summed E-state index contributed by atoms with van der Waals surface area (Å²) >= 11 is 1.00. The van der Waals surface area contributed by atoms with E-state index in [9.17, 15) is 18.8 Å². The molecule has 0 aliphatic rings. The first kappa shape index (κ1) is 24.9. The van der Waals surface area contributed by atoms with Crippen LogP contribution in [0.4, 0.5) is 10.1 Å². The number of ether oxygens (including phenoxy) is 2. The molecule has 0 fully saturated rings. The van der Waals surface area contributed by atoms with E-state index in [2.05, 4.69) is 15.3 Å². The van der Waals surface area contributed by atoms with E-state index in [1.165, 1.54) is 51.1 Å². The van der Waals surface area contributed by atoms with Crippen molar-refractivity contribution >= 4 is 34.4 Å². The van der Waals surface area contributed by atoms with Gasteiger partial charge >= 0.3 is 5.69 Å². The first-order valence-corrected chi connectivity index (χ1v) is 11.6. The maximum Gasteiger partial charge on any atom is 0.332 e. The number of aromatic nitrogens is 4. The van der Waals surface area contributed by atoms with E-state index >= 15 is 0 Å².